The number of hydrogen-bond acceptors (Lipinski definition) is 2. The Bertz CT molecular complexity index is 719. The van der Waals surface area contributed by atoms with E-state index in [1.807, 2.05) is 6.07 Å². The lowest BCUT2D eigenvalue weighted by Gasteiger charge is -2.02. The topological polar surface area (TPSA) is 34.4 Å². The van der Waals surface area contributed by atoms with Crippen molar-refractivity contribution in [3.05, 3.63) is 71.9 Å². The largest absolute Gasteiger partial charge is 0.287 e. The first-order valence-corrected chi connectivity index (χ1v) is 5.49. The van der Waals surface area contributed by atoms with E-state index in [0.717, 1.165) is 0 Å². The zero-order valence-corrected chi connectivity index (χ0v) is 9.38. The van der Waals surface area contributed by atoms with Crippen molar-refractivity contribution >= 4 is 11.4 Å². The van der Waals surface area contributed by atoms with E-state index in [1.54, 1.807) is 36.4 Å². The molecule has 3 aromatic rings. The van der Waals surface area contributed by atoms with E-state index in [2.05, 4.69) is 4.98 Å². The van der Waals surface area contributed by atoms with Gasteiger partial charge in [-0.2, -0.15) is 4.39 Å². The highest BCUT2D eigenvalue weighted by atomic mass is 19.1. The summed E-state index contributed by atoms with van der Waals surface area (Å²) in [5, 5.41) is 0. The Labute approximate surface area is 103 Å². The van der Waals surface area contributed by atoms with E-state index in [0.29, 0.717) is 11.2 Å². The second-order valence-corrected chi connectivity index (χ2v) is 3.88. The van der Waals surface area contributed by atoms with Crippen molar-refractivity contribution < 1.29 is 9.18 Å². The first kappa shape index (κ1) is 10.7. The van der Waals surface area contributed by atoms with Gasteiger partial charge in [0.2, 0.25) is 5.78 Å². The third kappa shape index (κ3) is 1.59. The van der Waals surface area contributed by atoms with Crippen LogP contribution in [0.25, 0.3) is 5.65 Å². The molecule has 2 heterocycles. The van der Waals surface area contributed by atoms with Crippen LogP contribution in [0.2, 0.25) is 0 Å². The Morgan fingerprint density at radius 3 is 2.61 bits per heavy atom. The molecule has 0 saturated heterocycles. The zero-order valence-electron chi connectivity index (χ0n) is 9.38. The number of imidazole rings is 1. The summed E-state index contributed by atoms with van der Waals surface area (Å²) in [6.45, 7) is 0. The third-order valence-corrected chi connectivity index (χ3v) is 2.75. The van der Waals surface area contributed by atoms with Crippen molar-refractivity contribution in [2.45, 2.75) is 0 Å². The van der Waals surface area contributed by atoms with Crippen LogP contribution in [-0.2, 0) is 0 Å². The quantitative estimate of drug-likeness (QED) is 0.510. The fraction of sp³-hybridized carbons (Fsp3) is 0. The molecule has 88 valence electrons. The molecule has 0 bridgehead atoms. The minimum absolute atomic E-state index is 0.231. The Balaban J connectivity index is 2.19. The van der Waals surface area contributed by atoms with E-state index in [-0.39, 0.29) is 11.5 Å². The van der Waals surface area contributed by atoms with Gasteiger partial charge >= 0.3 is 0 Å². The molecule has 0 unspecified atom stereocenters. The van der Waals surface area contributed by atoms with Crippen LogP contribution >= 0.6 is 0 Å². The molecule has 0 aliphatic heterocycles. The molecule has 0 saturated carbocycles. The molecule has 2 aromatic heterocycles. The van der Waals surface area contributed by atoms with Crippen LogP contribution in [0.3, 0.4) is 0 Å². The molecule has 0 atom stereocenters. The highest BCUT2D eigenvalue weighted by Gasteiger charge is 2.15. The average molecular weight is 240 g/mol. The van der Waals surface area contributed by atoms with Gasteiger partial charge in [-0.25, -0.2) is 4.98 Å². The number of hydrogen-bond donors (Lipinski definition) is 0. The van der Waals surface area contributed by atoms with Gasteiger partial charge < -0.3 is 0 Å². The van der Waals surface area contributed by atoms with E-state index < -0.39 is 5.95 Å². The van der Waals surface area contributed by atoms with E-state index in [4.69, 9.17) is 0 Å². The van der Waals surface area contributed by atoms with Gasteiger partial charge in [0.1, 0.15) is 11.3 Å². The molecule has 3 rings (SSSR count). The smallest absolute Gasteiger partial charge is 0.211 e. The van der Waals surface area contributed by atoms with Crippen molar-refractivity contribution in [1.82, 2.24) is 9.38 Å². The van der Waals surface area contributed by atoms with Gasteiger partial charge in [-0.3, -0.25) is 9.20 Å². The van der Waals surface area contributed by atoms with E-state index >= 15 is 0 Å². The van der Waals surface area contributed by atoms with Crippen LogP contribution < -0.4 is 0 Å². The number of nitrogens with zero attached hydrogens (tertiary/aromatic N) is 2. The summed E-state index contributed by atoms with van der Waals surface area (Å²) in [4.78, 5) is 16.3. The maximum absolute atomic E-state index is 13.7. The SMILES string of the molecule is O=C(c1ccccc1)c1cnc2cccc(F)n12. The summed E-state index contributed by atoms with van der Waals surface area (Å²) in [5.74, 6) is -0.738. The van der Waals surface area contributed by atoms with Gasteiger partial charge in [-0.1, -0.05) is 36.4 Å². The van der Waals surface area contributed by atoms with Gasteiger partial charge in [0.25, 0.3) is 0 Å². The van der Waals surface area contributed by atoms with Gasteiger partial charge in [0.05, 0.1) is 6.20 Å². The third-order valence-electron chi connectivity index (χ3n) is 2.75. The van der Waals surface area contributed by atoms with Crippen LogP contribution in [0.15, 0.2) is 54.7 Å². The molecular weight excluding hydrogens is 231 g/mol. The number of pyridine rings is 1. The van der Waals surface area contributed by atoms with Crippen molar-refractivity contribution in [1.29, 1.82) is 0 Å². The second-order valence-electron chi connectivity index (χ2n) is 3.88. The van der Waals surface area contributed by atoms with Crippen molar-refractivity contribution in [2.24, 2.45) is 0 Å². The number of benzene rings is 1. The minimum atomic E-state index is -0.496. The fourth-order valence-electron chi connectivity index (χ4n) is 1.89. The lowest BCUT2D eigenvalue weighted by Crippen LogP contribution is -2.07. The maximum atomic E-state index is 13.7. The number of fused-ring (bicyclic) bond motifs is 1. The normalized spacial score (nSPS) is 10.7. The van der Waals surface area contributed by atoms with Crippen LogP contribution in [0.4, 0.5) is 4.39 Å². The number of aromatic nitrogens is 2. The molecule has 0 aliphatic carbocycles. The number of ketones is 1. The summed E-state index contributed by atoms with van der Waals surface area (Å²) in [5.41, 5.74) is 1.17. The van der Waals surface area contributed by atoms with Crippen LogP contribution in [-0.4, -0.2) is 15.2 Å². The molecule has 0 spiro atoms. The lowest BCUT2D eigenvalue weighted by molar-refractivity contribution is 0.103. The lowest BCUT2D eigenvalue weighted by atomic mass is 10.1. The number of rotatable bonds is 2. The predicted octanol–water partition coefficient (Wildman–Crippen LogP) is 2.70. The first-order chi connectivity index (χ1) is 8.77. The molecular formula is C14H9FN2O. The van der Waals surface area contributed by atoms with Crippen LogP contribution in [0, 0.1) is 5.95 Å². The standard InChI is InChI=1S/C14H9FN2O/c15-12-7-4-8-13-16-9-11(17(12)13)14(18)10-5-2-1-3-6-10/h1-9H. The zero-order chi connectivity index (χ0) is 12.5. The molecule has 18 heavy (non-hydrogen) atoms. The minimum Gasteiger partial charge on any atom is -0.287 e. The summed E-state index contributed by atoms with van der Waals surface area (Å²) < 4.78 is 14.9. The number of carbonyl (C=O) groups excluding carboxylic acids is 1. The molecule has 0 radical (unpaired) electrons. The molecule has 0 aliphatic rings. The Morgan fingerprint density at radius 2 is 1.83 bits per heavy atom. The first-order valence-electron chi connectivity index (χ1n) is 5.49. The van der Waals surface area contributed by atoms with Crippen LogP contribution in [0.1, 0.15) is 16.1 Å². The number of halogens is 1. The van der Waals surface area contributed by atoms with Gasteiger partial charge in [-0.15, -0.1) is 0 Å². The fourth-order valence-corrected chi connectivity index (χ4v) is 1.89. The summed E-state index contributed by atoms with van der Waals surface area (Å²) in [7, 11) is 0. The second kappa shape index (κ2) is 4.07. The molecule has 0 N–H and O–H groups in total. The Morgan fingerprint density at radius 1 is 1.06 bits per heavy atom. The van der Waals surface area contributed by atoms with Crippen LogP contribution in [0.5, 0.6) is 0 Å². The van der Waals surface area contributed by atoms with Gasteiger partial charge in [0.15, 0.2) is 5.95 Å². The molecule has 3 nitrogen and oxygen atoms in total. The molecule has 0 fully saturated rings. The van der Waals surface area contributed by atoms with Gasteiger partial charge in [-0.05, 0) is 12.1 Å². The maximum Gasteiger partial charge on any atom is 0.211 e. The molecule has 4 heteroatoms. The van der Waals surface area contributed by atoms with Crippen molar-refractivity contribution in [3.63, 3.8) is 0 Å². The average Bonchev–Trinajstić information content (AvgIpc) is 2.84. The number of carbonyl (C=O) groups is 1. The highest BCUT2D eigenvalue weighted by molar-refractivity contribution is 6.08. The van der Waals surface area contributed by atoms with E-state index in [9.17, 15) is 9.18 Å². The van der Waals surface area contributed by atoms with Gasteiger partial charge in [0, 0.05) is 5.56 Å². The van der Waals surface area contributed by atoms with Crippen molar-refractivity contribution in [2.75, 3.05) is 0 Å². The predicted molar refractivity (Wildman–Crippen MR) is 65.0 cm³/mol. The Hall–Kier alpha value is -2.49. The monoisotopic (exact) mass is 240 g/mol. The van der Waals surface area contributed by atoms with Crippen molar-refractivity contribution in [3.8, 4) is 0 Å². The summed E-state index contributed by atoms with van der Waals surface area (Å²) in [6.07, 6.45) is 1.40. The summed E-state index contributed by atoms with van der Waals surface area (Å²) in [6, 6.07) is 13.3. The Kier molecular flexibility index (Phi) is 2.41. The molecule has 1 aromatic carbocycles. The highest BCUT2D eigenvalue weighted by Crippen LogP contribution is 2.14. The van der Waals surface area contributed by atoms with E-state index in [1.165, 1.54) is 16.7 Å². The summed E-state index contributed by atoms with van der Waals surface area (Å²) >= 11 is 0. The molecule has 0 amide bonds.